The number of nitriles is 1. The summed E-state index contributed by atoms with van der Waals surface area (Å²) in [6, 6.07) is 16.8. The number of esters is 1. The summed E-state index contributed by atoms with van der Waals surface area (Å²) in [5.74, 6) is -1.12. The number of carbonyl (C=O) groups excluding carboxylic acids is 3. The lowest BCUT2D eigenvalue weighted by molar-refractivity contribution is -0.141. The Bertz CT molecular complexity index is 1580. The van der Waals surface area contributed by atoms with E-state index in [0.717, 1.165) is 17.0 Å². The van der Waals surface area contributed by atoms with Gasteiger partial charge in [0.25, 0.3) is 11.8 Å². The molecule has 0 fully saturated rings. The van der Waals surface area contributed by atoms with Crippen molar-refractivity contribution >= 4 is 35.5 Å². The molecule has 0 radical (unpaired) electrons. The van der Waals surface area contributed by atoms with Crippen molar-refractivity contribution in [1.29, 1.82) is 5.26 Å². The fourth-order valence-electron chi connectivity index (χ4n) is 4.33. The van der Waals surface area contributed by atoms with Crippen LogP contribution in [-0.2, 0) is 19.1 Å². The Morgan fingerprint density at radius 3 is 2.54 bits per heavy atom. The second-order valence-electron chi connectivity index (χ2n) is 9.33. The first-order chi connectivity index (χ1) is 19.7. The molecule has 0 saturated carbocycles. The largest absolute Gasteiger partial charge is 0.492 e. The van der Waals surface area contributed by atoms with Crippen molar-refractivity contribution in [2.45, 2.75) is 33.6 Å². The van der Waals surface area contributed by atoms with Gasteiger partial charge in [0.15, 0.2) is 0 Å². The Morgan fingerprint density at radius 1 is 1.12 bits per heavy atom. The smallest absolute Gasteiger partial charge is 0.302 e. The molecule has 0 saturated heterocycles. The molecule has 4 rings (SSSR count). The Balaban J connectivity index is 1.80. The van der Waals surface area contributed by atoms with Crippen LogP contribution in [0.2, 0.25) is 5.02 Å². The number of nitrogens with zero attached hydrogens (tertiary/aromatic N) is 4. The molecule has 210 valence electrons. The highest BCUT2D eigenvalue weighted by molar-refractivity contribution is 6.32. The average molecular weight is 573 g/mol. The monoisotopic (exact) mass is 572 g/mol. The highest BCUT2D eigenvalue weighted by Crippen LogP contribution is 2.34. The minimum absolute atomic E-state index is 0.00822. The maximum atomic E-state index is 13.6. The molecule has 1 aliphatic heterocycles. The lowest BCUT2D eigenvalue weighted by Gasteiger charge is -2.27. The van der Waals surface area contributed by atoms with Gasteiger partial charge in [-0.25, -0.2) is 4.68 Å². The first kappa shape index (κ1) is 29.3. The molecule has 3 aromatic rings. The first-order valence-corrected chi connectivity index (χ1v) is 13.5. The number of imide groups is 1. The molecule has 1 aliphatic rings. The van der Waals surface area contributed by atoms with Gasteiger partial charge in [0, 0.05) is 36.4 Å². The standard InChI is InChI=1S/C31H29ClN4O5/c1-4-14-41-28-12-11-22(17-27(28)32)29-23(19-36(34-29)24-9-6-5-7-10-24)16-25-20(2)26(18-33)31(39)35(30(25)38)13-8-15-40-21(3)37/h5-7,9-12,16-17,19H,4,8,13-15H2,1-3H3/b25-16+. The average Bonchev–Trinajstić information content (AvgIpc) is 3.39. The Morgan fingerprint density at radius 2 is 1.88 bits per heavy atom. The van der Waals surface area contributed by atoms with E-state index in [4.69, 9.17) is 26.2 Å². The molecule has 2 amide bonds. The van der Waals surface area contributed by atoms with Crippen LogP contribution in [-0.4, -0.2) is 52.2 Å². The number of rotatable bonds is 10. The number of hydrogen-bond donors (Lipinski definition) is 0. The predicted octanol–water partition coefficient (Wildman–Crippen LogP) is 5.53. The molecule has 10 heteroatoms. The van der Waals surface area contributed by atoms with E-state index in [-0.39, 0.29) is 36.3 Å². The third-order valence-corrected chi connectivity index (χ3v) is 6.68. The van der Waals surface area contributed by atoms with Crippen LogP contribution in [0, 0.1) is 11.3 Å². The summed E-state index contributed by atoms with van der Waals surface area (Å²) in [4.78, 5) is 38.7. The van der Waals surface area contributed by atoms with Gasteiger partial charge in [-0.15, -0.1) is 0 Å². The minimum atomic E-state index is -0.676. The number of aromatic nitrogens is 2. The number of halogens is 1. The zero-order valence-corrected chi connectivity index (χ0v) is 23.8. The Labute approximate surface area is 243 Å². The summed E-state index contributed by atoms with van der Waals surface area (Å²) < 4.78 is 12.3. The summed E-state index contributed by atoms with van der Waals surface area (Å²) in [5, 5.41) is 15.0. The van der Waals surface area contributed by atoms with Crippen molar-refractivity contribution in [1.82, 2.24) is 14.7 Å². The summed E-state index contributed by atoms with van der Waals surface area (Å²) in [6.07, 6.45) is 4.50. The van der Waals surface area contributed by atoms with Crippen molar-refractivity contribution in [3.8, 4) is 28.8 Å². The van der Waals surface area contributed by atoms with E-state index in [1.165, 1.54) is 6.92 Å². The highest BCUT2D eigenvalue weighted by Gasteiger charge is 2.35. The summed E-state index contributed by atoms with van der Waals surface area (Å²) >= 11 is 6.53. The molecule has 2 heterocycles. The molecule has 1 aromatic heterocycles. The van der Waals surface area contributed by atoms with Crippen LogP contribution < -0.4 is 4.74 Å². The molecular formula is C31H29ClN4O5. The molecule has 0 spiro atoms. The predicted molar refractivity (Wildman–Crippen MR) is 154 cm³/mol. The number of benzene rings is 2. The molecule has 0 bridgehead atoms. The third-order valence-electron chi connectivity index (χ3n) is 6.39. The molecule has 0 unspecified atom stereocenters. The SMILES string of the molecule is CCCOc1ccc(-c2nn(-c3ccccc3)cc2/C=C2/C(=O)N(CCCOC(C)=O)C(=O)C(C#N)=C2C)cc1Cl. The zero-order chi connectivity index (χ0) is 29.5. The van der Waals surface area contributed by atoms with Gasteiger partial charge >= 0.3 is 5.97 Å². The second-order valence-corrected chi connectivity index (χ2v) is 9.74. The molecular weight excluding hydrogens is 544 g/mol. The zero-order valence-electron chi connectivity index (χ0n) is 23.0. The van der Waals surface area contributed by atoms with E-state index in [2.05, 4.69) is 0 Å². The van der Waals surface area contributed by atoms with E-state index < -0.39 is 17.8 Å². The lowest BCUT2D eigenvalue weighted by Crippen LogP contribution is -2.43. The highest BCUT2D eigenvalue weighted by atomic mass is 35.5. The van der Waals surface area contributed by atoms with Crippen LogP contribution in [0.25, 0.3) is 23.0 Å². The molecule has 9 nitrogen and oxygen atoms in total. The van der Waals surface area contributed by atoms with Crippen LogP contribution in [0.3, 0.4) is 0 Å². The van der Waals surface area contributed by atoms with Gasteiger partial charge in [0.2, 0.25) is 0 Å². The normalized spacial score (nSPS) is 14.4. The van der Waals surface area contributed by atoms with Crippen molar-refractivity contribution in [2.24, 2.45) is 0 Å². The van der Waals surface area contributed by atoms with Gasteiger partial charge in [-0.2, -0.15) is 10.4 Å². The molecule has 0 atom stereocenters. The van der Waals surface area contributed by atoms with Crippen LogP contribution in [0.4, 0.5) is 0 Å². The van der Waals surface area contributed by atoms with Gasteiger partial charge in [-0.1, -0.05) is 36.7 Å². The molecule has 0 N–H and O–H groups in total. The van der Waals surface area contributed by atoms with Crippen LogP contribution in [0.15, 0.2) is 71.4 Å². The number of amides is 2. The van der Waals surface area contributed by atoms with Crippen molar-refractivity contribution < 1.29 is 23.9 Å². The fourth-order valence-corrected chi connectivity index (χ4v) is 4.57. The fraction of sp³-hybridized carbons (Fsp3) is 0.258. The quantitative estimate of drug-likeness (QED) is 0.136. The first-order valence-electron chi connectivity index (χ1n) is 13.2. The molecule has 2 aromatic carbocycles. The number of hydrogen-bond acceptors (Lipinski definition) is 7. The van der Waals surface area contributed by atoms with Gasteiger partial charge in [-0.05, 0) is 61.7 Å². The van der Waals surface area contributed by atoms with E-state index in [0.29, 0.717) is 34.2 Å². The van der Waals surface area contributed by atoms with Crippen molar-refractivity contribution in [3.05, 3.63) is 82.0 Å². The Kier molecular flexibility index (Phi) is 9.37. The number of ether oxygens (including phenoxy) is 2. The summed E-state index contributed by atoms with van der Waals surface area (Å²) in [5.41, 5.74) is 2.97. The second kappa shape index (κ2) is 13.1. The van der Waals surface area contributed by atoms with Gasteiger partial charge in [0.05, 0.1) is 23.9 Å². The Hall–Kier alpha value is -4.68. The summed E-state index contributed by atoms with van der Waals surface area (Å²) in [6.45, 7) is 5.44. The molecule has 0 aliphatic carbocycles. The summed E-state index contributed by atoms with van der Waals surface area (Å²) in [7, 11) is 0. The van der Waals surface area contributed by atoms with Gasteiger partial charge in [-0.3, -0.25) is 19.3 Å². The maximum Gasteiger partial charge on any atom is 0.302 e. The van der Waals surface area contributed by atoms with E-state index in [1.54, 1.807) is 36.0 Å². The number of para-hydroxylation sites is 1. The third kappa shape index (κ3) is 6.56. The number of carbonyl (C=O) groups is 3. The van der Waals surface area contributed by atoms with E-state index in [9.17, 15) is 19.6 Å². The lowest BCUT2D eigenvalue weighted by atomic mass is 9.93. The molecule has 41 heavy (non-hydrogen) atoms. The van der Waals surface area contributed by atoms with Crippen LogP contribution >= 0.6 is 11.6 Å². The minimum Gasteiger partial charge on any atom is -0.492 e. The van der Waals surface area contributed by atoms with Crippen molar-refractivity contribution in [3.63, 3.8) is 0 Å². The topological polar surface area (TPSA) is 115 Å². The van der Waals surface area contributed by atoms with Gasteiger partial charge in [0.1, 0.15) is 23.1 Å². The van der Waals surface area contributed by atoms with Gasteiger partial charge < -0.3 is 9.47 Å². The maximum absolute atomic E-state index is 13.6. The van der Waals surface area contributed by atoms with Crippen LogP contribution in [0.5, 0.6) is 5.75 Å². The van der Waals surface area contributed by atoms with Crippen molar-refractivity contribution in [2.75, 3.05) is 19.8 Å². The van der Waals surface area contributed by atoms with E-state index in [1.807, 2.05) is 49.4 Å². The van der Waals surface area contributed by atoms with E-state index >= 15 is 0 Å². The van der Waals surface area contributed by atoms with Crippen LogP contribution in [0.1, 0.15) is 39.2 Å².